The Morgan fingerprint density at radius 1 is 0.722 bits per heavy atom. The van der Waals surface area contributed by atoms with E-state index in [1.807, 2.05) is 13.8 Å². The van der Waals surface area contributed by atoms with Crippen LogP contribution in [0.15, 0.2) is 0 Å². The Hall–Kier alpha value is -1.05. The van der Waals surface area contributed by atoms with Gasteiger partial charge in [0.1, 0.15) is 5.82 Å². The second-order valence-corrected chi connectivity index (χ2v) is 11.6. The third kappa shape index (κ3) is 9.36. The molecule has 0 radical (unpaired) electrons. The summed E-state index contributed by atoms with van der Waals surface area (Å²) in [5.41, 5.74) is -5.20. The predicted octanol–water partition coefficient (Wildman–Crippen LogP) is 10.1. The molecular weight excluding hydrogens is 521 g/mol. The second-order valence-electron chi connectivity index (χ2n) is 9.21. The van der Waals surface area contributed by atoms with Crippen molar-refractivity contribution in [2.75, 3.05) is 6.16 Å². The zero-order valence-corrected chi connectivity index (χ0v) is 21.8. The number of hydrogen-bond donors (Lipinski definition) is 0. The first kappa shape index (κ1) is 33.0. The summed E-state index contributed by atoms with van der Waals surface area (Å²) in [5.74, 6) is -7.67. The smallest absolute Gasteiger partial charge is 0.240 e. The van der Waals surface area contributed by atoms with Crippen molar-refractivity contribution in [3.05, 3.63) is 28.8 Å². The lowest BCUT2D eigenvalue weighted by Crippen LogP contribution is -2.36. The zero-order valence-electron chi connectivity index (χ0n) is 20.9. The maximum atomic E-state index is 15.4. The van der Waals surface area contributed by atoms with Crippen LogP contribution in [-0.4, -0.2) is 24.2 Å². The van der Waals surface area contributed by atoms with Crippen LogP contribution in [0.4, 0.5) is 43.9 Å². The van der Waals surface area contributed by atoms with Crippen molar-refractivity contribution in [2.24, 2.45) is 5.92 Å². The molecule has 1 rings (SSSR count). The van der Waals surface area contributed by atoms with E-state index in [2.05, 4.69) is 0 Å². The van der Waals surface area contributed by atoms with Gasteiger partial charge >= 0.3 is 6.18 Å². The molecule has 0 fully saturated rings. The van der Waals surface area contributed by atoms with Crippen molar-refractivity contribution in [3.63, 3.8) is 0 Å². The Morgan fingerprint density at radius 2 is 1.33 bits per heavy atom. The van der Waals surface area contributed by atoms with Crippen LogP contribution >= 0.6 is 7.92 Å². The number of rotatable bonds is 16. The van der Waals surface area contributed by atoms with Crippen LogP contribution in [0.5, 0.6) is 0 Å². The van der Waals surface area contributed by atoms with Crippen molar-refractivity contribution in [1.29, 1.82) is 0 Å². The summed E-state index contributed by atoms with van der Waals surface area (Å²) in [6.07, 6.45) is -6.58. The fourth-order valence-corrected chi connectivity index (χ4v) is 6.73. The predicted molar refractivity (Wildman–Crippen MR) is 124 cm³/mol. The van der Waals surface area contributed by atoms with Crippen molar-refractivity contribution in [3.8, 4) is 0 Å². The van der Waals surface area contributed by atoms with Gasteiger partial charge in [-0.1, -0.05) is 58.8 Å². The Labute approximate surface area is 208 Å². The Morgan fingerprint density at radius 3 is 1.89 bits per heavy atom. The van der Waals surface area contributed by atoms with Gasteiger partial charge in [0.2, 0.25) is 0 Å². The summed E-state index contributed by atoms with van der Waals surface area (Å²) in [5, 5.41) is -1.30. The molecule has 0 saturated heterocycles. The summed E-state index contributed by atoms with van der Waals surface area (Å²) in [6.45, 7) is 4.58. The molecule has 0 aliphatic rings. The molecule has 0 amide bonds. The lowest BCUT2D eigenvalue weighted by atomic mass is 9.97. The maximum absolute atomic E-state index is 15.4. The van der Waals surface area contributed by atoms with Crippen LogP contribution in [0.3, 0.4) is 0 Å². The van der Waals surface area contributed by atoms with E-state index >= 15 is 8.78 Å². The van der Waals surface area contributed by atoms with E-state index < -0.39 is 79.1 Å². The Balaban J connectivity index is 3.14. The van der Waals surface area contributed by atoms with Crippen LogP contribution in [0, 0.1) is 36.1 Å². The van der Waals surface area contributed by atoms with Crippen molar-refractivity contribution < 1.29 is 43.9 Å². The van der Waals surface area contributed by atoms with Gasteiger partial charge in [-0.05, 0) is 38.3 Å². The number of hydrogen-bond acceptors (Lipinski definition) is 0. The summed E-state index contributed by atoms with van der Waals surface area (Å²) >= 11 is 0. The number of benzene rings is 1. The first-order valence-corrected chi connectivity index (χ1v) is 13.9. The van der Waals surface area contributed by atoms with E-state index in [0.717, 1.165) is 19.8 Å². The lowest BCUT2D eigenvalue weighted by Gasteiger charge is -2.32. The fraction of sp³-hybridized carbons (Fsp3) is 0.760. The minimum atomic E-state index is -4.34. The normalized spacial score (nSPS) is 15.2. The minimum Gasteiger partial charge on any atom is -0.240 e. The Bertz CT molecular complexity index is 780. The van der Waals surface area contributed by atoms with Gasteiger partial charge in [-0.25, -0.2) is 22.0 Å². The van der Waals surface area contributed by atoms with E-state index in [1.54, 1.807) is 0 Å². The summed E-state index contributed by atoms with van der Waals surface area (Å²) in [7, 11) is -3.23. The molecule has 0 spiro atoms. The van der Waals surface area contributed by atoms with Crippen LogP contribution in [0.1, 0.15) is 90.0 Å². The van der Waals surface area contributed by atoms with E-state index in [0.29, 0.717) is 12.8 Å². The average Bonchev–Trinajstić information content (AvgIpc) is 2.81. The van der Waals surface area contributed by atoms with E-state index in [4.69, 9.17) is 0 Å². The molecular formula is C25H35F10P. The van der Waals surface area contributed by atoms with Gasteiger partial charge in [-0.3, -0.25) is 0 Å². The summed E-state index contributed by atoms with van der Waals surface area (Å²) in [4.78, 5) is 0. The first-order chi connectivity index (χ1) is 16.7. The van der Waals surface area contributed by atoms with Crippen molar-refractivity contribution >= 4 is 13.2 Å². The molecule has 1 aromatic carbocycles. The van der Waals surface area contributed by atoms with Gasteiger partial charge < -0.3 is 0 Å². The molecule has 210 valence electrons. The molecule has 3 atom stereocenters. The Kier molecular flexibility index (Phi) is 13.5. The molecule has 0 aliphatic heterocycles. The van der Waals surface area contributed by atoms with Gasteiger partial charge in [0, 0.05) is 19.9 Å². The van der Waals surface area contributed by atoms with Gasteiger partial charge in [-0.15, -0.1) is 0 Å². The lowest BCUT2D eigenvalue weighted by molar-refractivity contribution is -0.135. The standard InChI is InChI=1S/C25H35F10P/c1-4-6-11-17(5-2)13-15-36(23-20(28)16(3)19(27)21(29)22(23)30)25(34,35)18(26)12-9-7-8-10-14-24(31,32)33/h17-18H,4-15H2,1-3H3. The highest BCUT2D eigenvalue weighted by Gasteiger charge is 2.50. The molecule has 11 heteroatoms. The first-order valence-electron chi connectivity index (χ1n) is 12.4. The fourth-order valence-electron chi connectivity index (χ4n) is 4.08. The zero-order chi connectivity index (χ0) is 27.7. The number of alkyl halides is 6. The van der Waals surface area contributed by atoms with E-state index in [1.165, 1.54) is 0 Å². The van der Waals surface area contributed by atoms with Crippen LogP contribution in [-0.2, 0) is 0 Å². The van der Waals surface area contributed by atoms with E-state index in [9.17, 15) is 35.1 Å². The van der Waals surface area contributed by atoms with Crippen molar-refractivity contribution in [1.82, 2.24) is 0 Å². The largest absolute Gasteiger partial charge is 0.389 e. The third-order valence-electron chi connectivity index (χ3n) is 6.44. The number of halogens is 10. The molecule has 0 saturated carbocycles. The molecule has 0 nitrogen and oxygen atoms in total. The highest BCUT2D eigenvalue weighted by molar-refractivity contribution is 7.66. The molecule has 0 aromatic heterocycles. The topological polar surface area (TPSA) is 0 Å². The summed E-state index contributed by atoms with van der Waals surface area (Å²) in [6, 6.07) is 0. The van der Waals surface area contributed by atoms with Crippen LogP contribution in [0.25, 0.3) is 0 Å². The van der Waals surface area contributed by atoms with Crippen LogP contribution in [0.2, 0.25) is 0 Å². The quantitative estimate of drug-likeness (QED) is 0.0625. The molecule has 0 bridgehead atoms. The summed E-state index contributed by atoms with van der Waals surface area (Å²) < 4.78 is 140. The van der Waals surface area contributed by atoms with Gasteiger partial charge in [0.15, 0.2) is 23.6 Å². The minimum absolute atomic E-state index is 0.0602. The van der Waals surface area contributed by atoms with Crippen LogP contribution < -0.4 is 5.30 Å². The van der Waals surface area contributed by atoms with Crippen molar-refractivity contribution in [2.45, 2.75) is 109 Å². The van der Waals surface area contributed by atoms with Gasteiger partial charge in [0.25, 0.3) is 5.66 Å². The monoisotopic (exact) mass is 556 g/mol. The molecule has 0 N–H and O–H groups in total. The average molecular weight is 557 g/mol. The molecule has 0 aliphatic carbocycles. The highest BCUT2D eigenvalue weighted by atomic mass is 31.1. The molecule has 3 unspecified atom stereocenters. The maximum Gasteiger partial charge on any atom is 0.389 e. The highest BCUT2D eigenvalue weighted by Crippen LogP contribution is 2.57. The van der Waals surface area contributed by atoms with Gasteiger partial charge in [0.05, 0.1) is 5.30 Å². The number of unbranched alkanes of at least 4 members (excludes halogenated alkanes) is 4. The SMILES string of the molecule is CCCCC(CC)CCP(c1c(F)c(C)c(F)c(F)c1F)C(F)(F)C(F)CCCCCCC(F)(F)F. The molecule has 36 heavy (non-hydrogen) atoms. The molecule has 0 heterocycles. The van der Waals surface area contributed by atoms with Gasteiger partial charge in [-0.2, -0.15) is 22.0 Å². The second kappa shape index (κ2) is 14.8. The third-order valence-corrected chi connectivity index (χ3v) is 9.08. The van der Waals surface area contributed by atoms with E-state index in [-0.39, 0.29) is 38.0 Å². The molecule has 1 aromatic rings.